The van der Waals surface area contributed by atoms with Gasteiger partial charge in [0, 0.05) is 24.5 Å². The largest absolute Gasteiger partial charge is 0.348 e. The summed E-state index contributed by atoms with van der Waals surface area (Å²) in [6.45, 7) is 0.409. The van der Waals surface area contributed by atoms with E-state index in [4.69, 9.17) is 17.4 Å². The third kappa shape index (κ3) is 3.64. The van der Waals surface area contributed by atoms with Crippen molar-refractivity contribution >= 4 is 23.3 Å². The van der Waals surface area contributed by atoms with E-state index in [0.29, 0.717) is 17.9 Å². The molecule has 0 spiro atoms. The van der Waals surface area contributed by atoms with Crippen molar-refractivity contribution in [2.75, 3.05) is 5.43 Å². The van der Waals surface area contributed by atoms with Crippen LogP contribution in [-0.2, 0) is 6.54 Å². The number of nitrogens with zero attached hydrogens (tertiary/aromatic N) is 2. The first kappa shape index (κ1) is 13.3. The van der Waals surface area contributed by atoms with Crippen molar-refractivity contribution < 1.29 is 4.79 Å². The number of hydrazine groups is 1. The van der Waals surface area contributed by atoms with Crippen LogP contribution >= 0.6 is 11.6 Å². The maximum absolute atomic E-state index is 12.0. The zero-order chi connectivity index (χ0) is 13.7. The highest BCUT2D eigenvalue weighted by Crippen LogP contribution is 2.13. The van der Waals surface area contributed by atoms with Gasteiger partial charge in [0.2, 0.25) is 0 Å². The van der Waals surface area contributed by atoms with Crippen molar-refractivity contribution in [2.24, 2.45) is 5.84 Å². The fraction of sp³-hybridized carbons (Fsp3) is 0.0833. The Bertz CT molecular complexity index is 576. The van der Waals surface area contributed by atoms with Crippen LogP contribution in [0.5, 0.6) is 0 Å². The van der Waals surface area contributed by atoms with Crippen LogP contribution in [0.25, 0.3) is 0 Å². The molecule has 0 fully saturated rings. The number of carbonyl (C=O) groups excluding carboxylic acids is 1. The molecule has 0 radical (unpaired) electrons. The minimum Gasteiger partial charge on any atom is -0.348 e. The first-order valence-electron chi connectivity index (χ1n) is 5.50. The molecule has 2 rings (SSSR count). The standard InChI is InChI=1S/C12H12ClN5O/c13-10-5-9(6-11(17-10)18-14)12(19)16-7-8-1-3-15-4-2-8/h1-6H,7,14H2,(H,16,19)(H,17,18). The van der Waals surface area contributed by atoms with E-state index >= 15 is 0 Å². The predicted molar refractivity (Wildman–Crippen MR) is 72.5 cm³/mol. The van der Waals surface area contributed by atoms with Crippen molar-refractivity contribution in [3.05, 3.63) is 52.9 Å². The summed E-state index contributed by atoms with van der Waals surface area (Å²) < 4.78 is 0. The molecule has 0 aliphatic rings. The summed E-state index contributed by atoms with van der Waals surface area (Å²) >= 11 is 5.80. The highest BCUT2D eigenvalue weighted by molar-refractivity contribution is 6.29. The van der Waals surface area contributed by atoms with Crippen molar-refractivity contribution in [3.63, 3.8) is 0 Å². The highest BCUT2D eigenvalue weighted by Gasteiger charge is 2.08. The first-order chi connectivity index (χ1) is 9.19. The summed E-state index contributed by atoms with van der Waals surface area (Å²) in [6, 6.07) is 6.65. The fourth-order valence-electron chi connectivity index (χ4n) is 1.49. The van der Waals surface area contributed by atoms with E-state index in [2.05, 4.69) is 20.7 Å². The highest BCUT2D eigenvalue weighted by atomic mass is 35.5. The zero-order valence-electron chi connectivity index (χ0n) is 9.93. The van der Waals surface area contributed by atoms with Gasteiger partial charge in [0.15, 0.2) is 0 Å². The molecule has 0 atom stereocenters. The number of nitrogen functional groups attached to an aromatic ring is 1. The summed E-state index contributed by atoms with van der Waals surface area (Å²) in [4.78, 5) is 19.8. The molecule has 98 valence electrons. The average molecular weight is 278 g/mol. The Kier molecular flexibility index (Phi) is 4.27. The Morgan fingerprint density at radius 3 is 2.74 bits per heavy atom. The smallest absolute Gasteiger partial charge is 0.251 e. The van der Waals surface area contributed by atoms with Gasteiger partial charge < -0.3 is 10.7 Å². The van der Waals surface area contributed by atoms with Gasteiger partial charge in [0.1, 0.15) is 11.0 Å². The maximum atomic E-state index is 12.0. The molecule has 2 heterocycles. The number of nitrogens with one attached hydrogen (secondary N) is 2. The van der Waals surface area contributed by atoms with Crippen LogP contribution in [0.15, 0.2) is 36.7 Å². The van der Waals surface area contributed by atoms with Crippen LogP contribution in [0.1, 0.15) is 15.9 Å². The molecule has 19 heavy (non-hydrogen) atoms. The number of hydrogen-bond donors (Lipinski definition) is 3. The molecule has 0 aromatic carbocycles. The van der Waals surface area contributed by atoms with E-state index in [0.717, 1.165) is 5.56 Å². The van der Waals surface area contributed by atoms with Gasteiger partial charge in [0.25, 0.3) is 5.91 Å². The lowest BCUT2D eigenvalue weighted by Gasteiger charge is -2.07. The Hall–Kier alpha value is -2.18. The molecule has 2 aromatic heterocycles. The minimum atomic E-state index is -0.252. The Morgan fingerprint density at radius 1 is 1.32 bits per heavy atom. The molecule has 4 N–H and O–H groups in total. The van der Waals surface area contributed by atoms with Gasteiger partial charge in [-0.15, -0.1) is 0 Å². The van der Waals surface area contributed by atoms with Gasteiger partial charge in [-0.3, -0.25) is 9.78 Å². The molecule has 6 nitrogen and oxygen atoms in total. The molecule has 0 aliphatic carbocycles. The van der Waals surface area contributed by atoms with Crippen LogP contribution in [0.3, 0.4) is 0 Å². The summed E-state index contributed by atoms with van der Waals surface area (Å²) in [7, 11) is 0. The molecule has 0 saturated carbocycles. The van der Waals surface area contributed by atoms with Gasteiger partial charge >= 0.3 is 0 Å². The molecule has 7 heteroatoms. The number of nitrogens with two attached hydrogens (primary N) is 1. The lowest BCUT2D eigenvalue weighted by atomic mass is 10.2. The number of amides is 1. The van der Waals surface area contributed by atoms with Crippen molar-refractivity contribution in [3.8, 4) is 0 Å². The van der Waals surface area contributed by atoms with Crippen molar-refractivity contribution in [2.45, 2.75) is 6.54 Å². The van der Waals surface area contributed by atoms with Crippen molar-refractivity contribution in [1.82, 2.24) is 15.3 Å². The SMILES string of the molecule is NNc1cc(C(=O)NCc2ccncc2)cc(Cl)n1. The molecule has 2 aromatic rings. The average Bonchev–Trinajstić information content (AvgIpc) is 2.45. The van der Waals surface area contributed by atoms with Gasteiger partial charge in [-0.05, 0) is 29.8 Å². The second-order valence-corrected chi connectivity index (χ2v) is 4.13. The summed E-state index contributed by atoms with van der Waals surface area (Å²) in [6.07, 6.45) is 3.34. The molecule has 1 amide bonds. The fourth-order valence-corrected chi connectivity index (χ4v) is 1.70. The molecular weight excluding hydrogens is 266 g/mol. The molecule has 0 saturated heterocycles. The number of aromatic nitrogens is 2. The van der Waals surface area contributed by atoms with E-state index < -0.39 is 0 Å². The number of carbonyl (C=O) groups is 1. The number of hydrogen-bond acceptors (Lipinski definition) is 5. The number of halogens is 1. The lowest BCUT2D eigenvalue weighted by Crippen LogP contribution is -2.23. The Labute approximate surface area is 115 Å². The van der Waals surface area contributed by atoms with Gasteiger partial charge in [0.05, 0.1) is 0 Å². The Morgan fingerprint density at radius 2 is 2.05 bits per heavy atom. The van der Waals surface area contributed by atoms with Crippen LogP contribution in [0, 0.1) is 0 Å². The summed E-state index contributed by atoms with van der Waals surface area (Å²) in [5, 5.41) is 2.97. The monoisotopic (exact) mass is 277 g/mol. The van der Waals surface area contributed by atoms with Gasteiger partial charge in [-0.2, -0.15) is 0 Å². The van der Waals surface area contributed by atoms with Crippen LogP contribution < -0.4 is 16.6 Å². The second-order valence-electron chi connectivity index (χ2n) is 3.75. The van der Waals surface area contributed by atoms with E-state index in [1.165, 1.54) is 12.1 Å². The number of pyridine rings is 2. The third-order valence-corrected chi connectivity index (χ3v) is 2.60. The molecule has 0 aliphatic heterocycles. The summed E-state index contributed by atoms with van der Waals surface area (Å²) in [5.41, 5.74) is 3.70. The van der Waals surface area contributed by atoms with Crippen LogP contribution in [-0.4, -0.2) is 15.9 Å². The predicted octanol–water partition coefficient (Wildman–Crippen LogP) is 1.35. The maximum Gasteiger partial charge on any atom is 0.251 e. The first-order valence-corrected chi connectivity index (χ1v) is 5.88. The molecule has 0 unspecified atom stereocenters. The quantitative estimate of drug-likeness (QED) is 0.446. The van der Waals surface area contributed by atoms with Gasteiger partial charge in [-0.25, -0.2) is 10.8 Å². The summed E-state index contributed by atoms with van der Waals surface area (Å²) in [5.74, 6) is 5.33. The van der Waals surface area contributed by atoms with E-state index in [9.17, 15) is 4.79 Å². The number of rotatable bonds is 4. The third-order valence-electron chi connectivity index (χ3n) is 2.41. The van der Waals surface area contributed by atoms with E-state index in [1.54, 1.807) is 12.4 Å². The minimum absolute atomic E-state index is 0.199. The molecule has 0 bridgehead atoms. The second kappa shape index (κ2) is 6.12. The Balaban J connectivity index is 2.06. The van der Waals surface area contributed by atoms with Crippen LogP contribution in [0.4, 0.5) is 5.82 Å². The van der Waals surface area contributed by atoms with Crippen molar-refractivity contribution in [1.29, 1.82) is 0 Å². The zero-order valence-corrected chi connectivity index (χ0v) is 10.7. The van der Waals surface area contributed by atoms with Gasteiger partial charge in [-0.1, -0.05) is 11.6 Å². The van der Waals surface area contributed by atoms with Crippen LogP contribution in [0.2, 0.25) is 5.15 Å². The van der Waals surface area contributed by atoms with E-state index in [-0.39, 0.29) is 11.1 Å². The topological polar surface area (TPSA) is 92.9 Å². The lowest BCUT2D eigenvalue weighted by molar-refractivity contribution is 0.0951. The molecular formula is C12H12ClN5O. The normalized spacial score (nSPS) is 10.0. The van der Waals surface area contributed by atoms with E-state index in [1.807, 2.05) is 12.1 Å². The number of anilines is 1.